The van der Waals surface area contributed by atoms with Crippen LogP contribution in [0.25, 0.3) is 39.4 Å². The number of quaternary nitrogens is 2. The second-order valence-electron chi connectivity index (χ2n) is 19.2. The quantitative estimate of drug-likeness (QED) is 0.0614. The normalized spacial score (nSPS) is 14.6. The Hall–Kier alpha value is -4.65. The van der Waals surface area contributed by atoms with E-state index in [1.54, 1.807) is 0 Å². The molecule has 0 N–H and O–H groups in total. The number of anilines is 1. The van der Waals surface area contributed by atoms with E-state index < -0.39 is 0 Å². The molecule has 0 amide bonds. The van der Waals surface area contributed by atoms with Gasteiger partial charge in [0.1, 0.15) is 0 Å². The Kier molecular flexibility index (Phi) is 14.7. The van der Waals surface area contributed by atoms with E-state index in [2.05, 4.69) is 209 Å². The summed E-state index contributed by atoms with van der Waals surface area (Å²) in [5.74, 6) is 2.67. The lowest BCUT2D eigenvalue weighted by Gasteiger charge is -2.49. The van der Waals surface area contributed by atoms with E-state index in [1.165, 1.54) is 27.8 Å². The predicted molar refractivity (Wildman–Crippen MR) is 258 cm³/mol. The van der Waals surface area contributed by atoms with E-state index in [0.717, 1.165) is 88.7 Å². The second kappa shape index (κ2) is 19.6. The molecule has 0 saturated carbocycles. The van der Waals surface area contributed by atoms with Crippen LogP contribution in [-0.2, 0) is 6.54 Å². The molecule has 5 aromatic rings. The van der Waals surface area contributed by atoms with Crippen LogP contribution in [0.3, 0.4) is 0 Å². The third-order valence-corrected chi connectivity index (χ3v) is 14.3. The number of aryl methyl sites for hydroxylation is 1. The number of oxazole rings is 1. The molecule has 0 bridgehead atoms. The van der Waals surface area contributed by atoms with Crippen molar-refractivity contribution in [2.45, 2.75) is 152 Å². The Morgan fingerprint density at radius 3 is 1.64 bits per heavy atom. The molecule has 0 saturated heterocycles. The molecule has 326 valence electrons. The zero-order valence-electron chi connectivity index (χ0n) is 39.9. The van der Waals surface area contributed by atoms with Gasteiger partial charge >= 0.3 is 5.89 Å². The van der Waals surface area contributed by atoms with Crippen LogP contribution in [0, 0.1) is 0 Å². The lowest BCUT2D eigenvalue weighted by molar-refractivity contribution is -0.986. The van der Waals surface area contributed by atoms with Crippen molar-refractivity contribution < 1.29 is 22.7 Å². The monoisotopic (exact) mass is 826 g/mol. The number of ether oxygens (including phenoxy) is 1. The zero-order chi connectivity index (χ0) is 44.1. The van der Waals surface area contributed by atoms with Gasteiger partial charge in [-0.1, -0.05) is 79.7 Å². The number of aromatic nitrogens is 1. The molecule has 4 aromatic carbocycles. The molecule has 61 heavy (non-hydrogen) atoms. The maximum Gasteiger partial charge on any atom is 0.374 e. The lowest BCUT2D eigenvalue weighted by Crippen LogP contribution is -2.62. The van der Waals surface area contributed by atoms with Gasteiger partial charge in [0.25, 0.3) is 5.52 Å². The molecule has 0 fully saturated rings. The summed E-state index contributed by atoms with van der Waals surface area (Å²) in [4.78, 5) is 2.43. The average molecular weight is 826 g/mol. The molecule has 0 radical (unpaired) electrons. The van der Waals surface area contributed by atoms with Gasteiger partial charge in [0.05, 0.1) is 67.5 Å². The minimum atomic E-state index is 0.534. The van der Waals surface area contributed by atoms with Crippen LogP contribution in [-0.4, -0.2) is 64.9 Å². The maximum absolute atomic E-state index is 6.83. The van der Waals surface area contributed by atoms with Crippen LogP contribution in [0.5, 0.6) is 5.75 Å². The van der Waals surface area contributed by atoms with Gasteiger partial charge in [-0.3, -0.25) is 0 Å². The van der Waals surface area contributed by atoms with Gasteiger partial charge in [-0.05, 0) is 136 Å². The third-order valence-electron chi connectivity index (χ3n) is 14.3. The Labute approximate surface area is 369 Å². The van der Waals surface area contributed by atoms with Crippen LogP contribution in [0.2, 0.25) is 0 Å². The second-order valence-corrected chi connectivity index (χ2v) is 19.2. The first-order chi connectivity index (χ1) is 29.1. The van der Waals surface area contributed by atoms with Gasteiger partial charge < -0.3 is 23.0 Å². The fourth-order valence-corrected chi connectivity index (χ4v) is 11.2. The zero-order valence-corrected chi connectivity index (χ0v) is 39.9. The topological polar surface area (TPSA) is 29.5 Å². The van der Waals surface area contributed by atoms with Crippen LogP contribution in [0.4, 0.5) is 5.69 Å². The number of nitrogens with zero attached hydrogens (tertiary/aromatic N) is 4. The first-order valence-electron chi connectivity index (χ1n) is 23.5. The molecule has 0 unspecified atom stereocenters. The largest absolute Gasteiger partial charge is 0.439 e. The van der Waals surface area contributed by atoms with Crippen molar-refractivity contribution in [1.29, 1.82) is 0 Å². The molecule has 1 aliphatic rings. The summed E-state index contributed by atoms with van der Waals surface area (Å²) in [6.07, 6.45) is 7.46. The van der Waals surface area contributed by atoms with Crippen molar-refractivity contribution in [3.63, 3.8) is 0 Å². The molecular weight excluding hydrogens is 749 g/mol. The van der Waals surface area contributed by atoms with Crippen molar-refractivity contribution in [3.05, 3.63) is 120 Å². The lowest BCUT2D eigenvalue weighted by atomic mass is 10.0. The van der Waals surface area contributed by atoms with Crippen molar-refractivity contribution in [3.8, 4) is 28.0 Å². The van der Waals surface area contributed by atoms with Crippen molar-refractivity contribution in [2.24, 2.45) is 0 Å². The third kappa shape index (κ3) is 9.42. The number of allylic oxidation sites excluding steroid dienone is 2. The Morgan fingerprint density at radius 1 is 0.607 bits per heavy atom. The SMILES string of the molecule is CCC(=Cc1oc2ccc(-c3ccccc3)cc2[n+]1CCC[N+](C(C)C)(C(C)C)C(C)C)C=C1Oc2ccc(-c3ccccc3)cc2N1CCC[N+](C(C)C)(C(C)C)C(C)C. The molecule has 2 heterocycles. The summed E-state index contributed by atoms with van der Waals surface area (Å²) in [5.41, 5.74) is 9.17. The highest BCUT2D eigenvalue weighted by molar-refractivity contribution is 5.79. The van der Waals surface area contributed by atoms with E-state index >= 15 is 0 Å². The Bertz CT molecular complexity index is 2220. The smallest absolute Gasteiger partial charge is 0.374 e. The Morgan fingerprint density at radius 2 is 1.11 bits per heavy atom. The number of hydrogen-bond donors (Lipinski definition) is 0. The summed E-state index contributed by atoms with van der Waals surface area (Å²) in [5, 5.41) is 0. The number of benzene rings is 4. The predicted octanol–water partition coefficient (Wildman–Crippen LogP) is 13.5. The van der Waals surface area contributed by atoms with Crippen molar-refractivity contribution in [2.75, 3.05) is 24.5 Å². The van der Waals surface area contributed by atoms with Gasteiger partial charge in [0.2, 0.25) is 11.5 Å². The summed E-state index contributed by atoms with van der Waals surface area (Å²) < 4.78 is 18.3. The van der Waals surface area contributed by atoms with Crippen molar-refractivity contribution >= 4 is 22.9 Å². The molecule has 0 spiro atoms. The highest BCUT2D eigenvalue weighted by Gasteiger charge is 2.39. The van der Waals surface area contributed by atoms with Gasteiger partial charge in [-0.15, -0.1) is 0 Å². The summed E-state index contributed by atoms with van der Waals surface area (Å²) in [6.45, 7) is 34.9. The molecule has 0 aliphatic carbocycles. The van der Waals surface area contributed by atoms with Crippen LogP contribution in [0.1, 0.15) is 115 Å². The number of rotatable bonds is 19. The summed E-state index contributed by atoms with van der Waals surface area (Å²) >= 11 is 0. The highest BCUT2D eigenvalue weighted by Crippen LogP contribution is 2.42. The standard InChI is InChI=1S/C55H77N4O2/c1-14-45(35-54-56(31-21-33-58(39(2)3,40(4)5)41(6)7)50-37-48(27-29-52(50)60-54)46-23-17-15-18-24-46)36-55-57(32-22-34-59(42(8)9,43(10)11)44(12)13)51-38-49(28-30-53(51)61-55)47-25-19-16-20-26-47/h15-20,23-30,35-44H,14,21-22,31-34H2,1-13H3/q+3. The molecular formula is C55H77N4O2+3. The van der Waals surface area contributed by atoms with Gasteiger partial charge in [0.15, 0.2) is 12.3 Å². The van der Waals surface area contributed by atoms with E-state index in [4.69, 9.17) is 9.15 Å². The number of fused-ring (bicyclic) bond motifs is 2. The maximum atomic E-state index is 6.83. The van der Waals surface area contributed by atoms with Crippen LogP contribution < -0.4 is 14.2 Å². The average Bonchev–Trinajstić information content (AvgIpc) is 3.75. The molecule has 1 aliphatic heterocycles. The van der Waals surface area contributed by atoms with Crippen LogP contribution in [0.15, 0.2) is 119 Å². The number of hydrogen-bond acceptors (Lipinski definition) is 3. The van der Waals surface area contributed by atoms with E-state index in [9.17, 15) is 0 Å². The van der Waals surface area contributed by atoms with E-state index in [0.29, 0.717) is 36.3 Å². The summed E-state index contributed by atoms with van der Waals surface area (Å²) in [7, 11) is 0. The fraction of sp³-hybridized carbons (Fsp3) is 0.473. The molecule has 6 heteroatoms. The van der Waals surface area contributed by atoms with E-state index in [1.807, 2.05) is 0 Å². The highest BCUT2D eigenvalue weighted by atomic mass is 16.5. The molecule has 6 rings (SSSR count). The fourth-order valence-electron chi connectivity index (χ4n) is 11.2. The summed E-state index contributed by atoms with van der Waals surface area (Å²) in [6, 6.07) is 37.9. The van der Waals surface area contributed by atoms with Gasteiger partial charge in [-0.2, -0.15) is 4.57 Å². The Balaban J connectivity index is 1.41. The molecule has 6 nitrogen and oxygen atoms in total. The molecule has 1 aromatic heterocycles. The van der Waals surface area contributed by atoms with Crippen molar-refractivity contribution in [1.82, 2.24) is 0 Å². The van der Waals surface area contributed by atoms with E-state index in [-0.39, 0.29) is 0 Å². The minimum absolute atomic E-state index is 0.534. The minimum Gasteiger partial charge on any atom is -0.439 e. The first-order valence-corrected chi connectivity index (χ1v) is 23.5. The van der Waals surface area contributed by atoms with Crippen LogP contribution >= 0.6 is 0 Å². The van der Waals surface area contributed by atoms with Gasteiger partial charge in [-0.25, -0.2) is 0 Å². The first kappa shape index (κ1) is 45.9. The van der Waals surface area contributed by atoms with Gasteiger partial charge in [0, 0.05) is 25.1 Å². The molecule has 0 atom stereocenters.